The molecule has 2 unspecified atom stereocenters. The molecule has 32 heavy (non-hydrogen) atoms. The molecule has 14 nitrogen and oxygen atoms in total. The predicted octanol–water partition coefficient (Wildman–Crippen LogP) is -3.24. The third kappa shape index (κ3) is 5.84. The minimum atomic E-state index is -2.08. The number of hydrogen-bond acceptors (Lipinski definition) is 8. The fourth-order valence-electron chi connectivity index (χ4n) is 2.80. The summed E-state index contributed by atoms with van der Waals surface area (Å²) in [5.41, 5.74) is 0. The molecule has 0 bridgehead atoms. The fourth-order valence-corrected chi connectivity index (χ4v) is 2.80. The molecule has 6 amide bonds. The molecule has 0 saturated carbocycles. The van der Waals surface area contributed by atoms with Gasteiger partial charge in [-0.05, 0) is 0 Å². The lowest BCUT2D eigenvalue weighted by Crippen LogP contribution is -2.59. The summed E-state index contributed by atoms with van der Waals surface area (Å²) in [6.45, 7) is -0.724. The van der Waals surface area contributed by atoms with E-state index in [1.165, 1.54) is 0 Å². The Morgan fingerprint density at radius 1 is 0.656 bits per heavy atom. The summed E-state index contributed by atoms with van der Waals surface area (Å²) in [6, 6.07) is -4.16. The van der Waals surface area contributed by atoms with Gasteiger partial charge in [-0.15, -0.1) is 0 Å². The Morgan fingerprint density at radius 2 is 0.938 bits per heavy atom. The Balaban J connectivity index is 1.94. The summed E-state index contributed by atoms with van der Waals surface area (Å²) in [4.78, 5) is 94.5. The number of nitrogens with zero attached hydrogens (tertiary/aromatic N) is 2. The minimum Gasteiger partial charge on any atom is -0.480 e. The molecule has 2 aliphatic rings. The second-order valence-corrected chi connectivity index (χ2v) is 6.59. The minimum absolute atomic E-state index is 0.362. The Labute approximate surface area is 179 Å². The molecule has 0 radical (unpaired) electrons. The van der Waals surface area contributed by atoms with E-state index in [1.54, 1.807) is 0 Å². The first-order chi connectivity index (χ1) is 15.0. The number of hydrogen-bond donors (Lipinski definition) is 4. The average molecular weight is 450 g/mol. The molecule has 14 heteroatoms. The molecule has 4 N–H and O–H groups in total. The van der Waals surface area contributed by atoms with Crippen molar-refractivity contribution in [2.24, 2.45) is 0 Å². The number of aliphatic carboxylic acids is 2. The van der Waals surface area contributed by atoms with Crippen molar-refractivity contribution in [1.82, 2.24) is 20.4 Å². The highest BCUT2D eigenvalue weighted by Gasteiger charge is 2.37. The van der Waals surface area contributed by atoms with Gasteiger partial charge in [0.2, 0.25) is 11.8 Å². The highest BCUT2D eigenvalue weighted by Crippen LogP contribution is 2.06. The van der Waals surface area contributed by atoms with Crippen LogP contribution < -0.4 is 10.6 Å². The van der Waals surface area contributed by atoms with Crippen LogP contribution in [-0.4, -0.2) is 92.6 Å². The van der Waals surface area contributed by atoms with E-state index in [1.807, 2.05) is 10.6 Å². The van der Waals surface area contributed by atoms with E-state index in [9.17, 15) is 48.6 Å². The van der Waals surface area contributed by atoms with Gasteiger partial charge in [-0.2, -0.15) is 0 Å². The van der Waals surface area contributed by atoms with Gasteiger partial charge in [0.15, 0.2) is 12.1 Å². The van der Waals surface area contributed by atoms with Crippen LogP contribution >= 0.6 is 0 Å². The topological polar surface area (TPSA) is 208 Å². The number of carbonyl (C=O) groups excluding carboxylic acids is 6. The third-order valence-corrected chi connectivity index (χ3v) is 4.42. The molecule has 0 aliphatic carbocycles. The van der Waals surface area contributed by atoms with Crippen LogP contribution in [0.2, 0.25) is 0 Å². The first-order valence-electron chi connectivity index (χ1n) is 9.12. The Hall–Kier alpha value is -4.36. The maximum Gasteiger partial charge on any atom is 0.329 e. The Kier molecular flexibility index (Phi) is 7.55. The van der Waals surface area contributed by atoms with Crippen molar-refractivity contribution >= 4 is 47.4 Å². The monoisotopic (exact) mass is 450 g/mol. The van der Waals surface area contributed by atoms with Gasteiger partial charge in [0.05, 0.1) is 0 Å². The lowest BCUT2D eigenvalue weighted by atomic mass is 10.1. The third-order valence-electron chi connectivity index (χ3n) is 4.42. The molecule has 2 atom stereocenters. The van der Waals surface area contributed by atoms with E-state index in [2.05, 4.69) is 0 Å². The van der Waals surface area contributed by atoms with Gasteiger partial charge in [0, 0.05) is 50.2 Å². The van der Waals surface area contributed by atoms with E-state index in [0.29, 0.717) is 0 Å². The van der Waals surface area contributed by atoms with E-state index in [4.69, 9.17) is 0 Å². The Bertz CT molecular complexity index is 841. The smallest absolute Gasteiger partial charge is 0.329 e. The molecule has 0 aromatic heterocycles. The molecule has 0 aromatic rings. The molecule has 0 saturated heterocycles. The van der Waals surface area contributed by atoms with Crippen molar-refractivity contribution in [3.05, 3.63) is 24.3 Å². The quantitative estimate of drug-likeness (QED) is 0.231. The zero-order chi connectivity index (χ0) is 24.0. The summed E-state index contributed by atoms with van der Waals surface area (Å²) >= 11 is 0. The SMILES string of the molecule is O=C(CCN1C(=O)C=CC1=O)NC(C(=O)O)C(NC(=O)CCN1C(=O)C=CC1=O)C(=O)O. The molecule has 2 heterocycles. The summed E-state index contributed by atoms with van der Waals surface area (Å²) in [5.74, 6) is -8.12. The van der Waals surface area contributed by atoms with Crippen LogP contribution in [0.15, 0.2) is 24.3 Å². The van der Waals surface area contributed by atoms with Crippen LogP contribution in [0.1, 0.15) is 12.8 Å². The number of rotatable bonds is 11. The summed E-state index contributed by atoms with van der Waals surface area (Å²) < 4.78 is 0. The van der Waals surface area contributed by atoms with Crippen molar-refractivity contribution < 1.29 is 48.6 Å². The molecule has 2 rings (SSSR count). The molecule has 0 fully saturated rings. The zero-order valence-corrected chi connectivity index (χ0v) is 16.3. The predicted molar refractivity (Wildman–Crippen MR) is 100 cm³/mol. The lowest BCUT2D eigenvalue weighted by Gasteiger charge is -2.23. The highest BCUT2D eigenvalue weighted by molar-refractivity contribution is 6.13. The van der Waals surface area contributed by atoms with Crippen molar-refractivity contribution in [3.8, 4) is 0 Å². The van der Waals surface area contributed by atoms with Crippen LogP contribution in [0.5, 0.6) is 0 Å². The number of carbonyl (C=O) groups is 8. The summed E-state index contributed by atoms with van der Waals surface area (Å²) in [6.07, 6.45) is 2.97. The van der Waals surface area contributed by atoms with Crippen molar-refractivity contribution in [1.29, 1.82) is 0 Å². The molecule has 0 aromatic carbocycles. The van der Waals surface area contributed by atoms with E-state index < -0.39 is 72.3 Å². The largest absolute Gasteiger partial charge is 0.480 e. The first-order valence-corrected chi connectivity index (χ1v) is 9.12. The van der Waals surface area contributed by atoms with Crippen LogP contribution in [0.4, 0.5) is 0 Å². The van der Waals surface area contributed by atoms with E-state index >= 15 is 0 Å². The van der Waals surface area contributed by atoms with Crippen LogP contribution in [0, 0.1) is 0 Å². The highest BCUT2D eigenvalue weighted by atomic mass is 16.4. The second kappa shape index (κ2) is 10.1. The maximum absolute atomic E-state index is 12.1. The van der Waals surface area contributed by atoms with E-state index in [-0.39, 0.29) is 13.1 Å². The van der Waals surface area contributed by atoms with Gasteiger partial charge < -0.3 is 20.8 Å². The lowest BCUT2D eigenvalue weighted by molar-refractivity contribution is -0.151. The molecule has 0 spiro atoms. The number of nitrogens with one attached hydrogen (secondary N) is 2. The van der Waals surface area contributed by atoms with Crippen LogP contribution in [-0.2, 0) is 38.4 Å². The fraction of sp³-hybridized carbons (Fsp3) is 0.333. The van der Waals surface area contributed by atoms with Gasteiger partial charge >= 0.3 is 11.9 Å². The maximum atomic E-state index is 12.1. The van der Waals surface area contributed by atoms with Gasteiger partial charge in [-0.25, -0.2) is 9.59 Å². The number of imide groups is 2. The number of carboxylic acid groups (broad SMARTS) is 2. The van der Waals surface area contributed by atoms with Gasteiger partial charge in [0.25, 0.3) is 23.6 Å². The molecule has 170 valence electrons. The first kappa shape index (κ1) is 23.9. The van der Waals surface area contributed by atoms with Crippen LogP contribution in [0.3, 0.4) is 0 Å². The van der Waals surface area contributed by atoms with Crippen molar-refractivity contribution in [2.45, 2.75) is 24.9 Å². The average Bonchev–Trinajstić information content (AvgIpc) is 3.21. The molecule has 2 aliphatic heterocycles. The number of carboxylic acids is 2. The molecular weight excluding hydrogens is 432 g/mol. The second-order valence-electron chi connectivity index (χ2n) is 6.59. The van der Waals surface area contributed by atoms with Gasteiger partial charge in [-0.3, -0.25) is 38.6 Å². The van der Waals surface area contributed by atoms with Gasteiger partial charge in [-0.1, -0.05) is 0 Å². The van der Waals surface area contributed by atoms with Crippen LogP contribution in [0.25, 0.3) is 0 Å². The molecular formula is C18H18N4O10. The zero-order valence-electron chi connectivity index (χ0n) is 16.3. The summed E-state index contributed by atoms with van der Waals surface area (Å²) in [7, 11) is 0. The van der Waals surface area contributed by atoms with Crippen molar-refractivity contribution in [3.63, 3.8) is 0 Å². The normalized spacial score (nSPS) is 17.0. The summed E-state index contributed by atoms with van der Waals surface area (Å²) in [5, 5.41) is 22.5. The van der Waals surface area contributed by atoms with Crippen molar-refractivity contribution in [2.75, 3.05) is 13.1 Å². The van der Waals surface area contributed by atoms with Gasteiger partial charge in [0.1, 0.15) is 0 Å². The standard InChI is InChI=1S/C18H18N4O10/c23-9(5-7-21-11(25)1-2-12(21)26)19-15(17(29)30)16(18(31)32)20-10(24)6-8-22-13(27)3-4-14(22)28/h1-4,15-16H,5-8H2,(H,19,23)(H,20,24)(H,29,30)(H,31,32). The Morgan fingerprint density at radius 3 is 1.19 bits per heavy atom. The van der Waals surface area contributed by atoms with E-state index in [0.717, 1.165) is 34.1 Å². The number of amides is 6.